The molecule has 2 aromatic heterocycles. The van der Waals surface area contributed by atoms with E-state index in [1.807, 2.05) is 0 Å². The molecule has 1 aliphatic rings. The van der Waals surface area contributed by atoms with E-state index in [1.165, 1.54) is 13.3 Å². The van der Waals surface area contributed by atoms with Crippen molar-refractivity contribution in [3.8, 4) is 17.2 Å². The Bertz CT molecular complexity index is 1250. The van der Waals surface area contributed by atoms with E-state index in [0.29, 0.717) is 28.7 Å². The number of rotatable bonds is 10. The van der Waals surface area contributed by atoms with Crippen molar-refractivity contribution in [3.63, 3.8) is 0 Å². The Hall–Kier alpha value is -3.25. The molecule has 1 aliphatic carbocycles. The standard InChI is InChI=1S/C23H30N6O5S/c1-14-12-25-17(13-24-14)21(34-5)15(2)35(30,31)28-23-27-26-22(16-8-6-9-16)29(23)20-18(32-3)10-7-11-19(20)33-4/h7,10-13,15-16,21H,6,8-9H2,1-5H3,(H,27,28)/t15-,21-/m0/s1. The first-order valence-corrected chi connectivity index (χ1v) is 12.8. The van der Waals surface area contributed by atoms with E-state index in [1.54, 1.807) is 57.0 Å². The highest BCUT2D eigenvalue weighted by Crippen LogP contribution is 2.42. The molecule has 2 heterocycles. The summed E-state index contributed by atoms with van der Waals surface area (Å²) >= 11 is 0. The van der Waals surface area contributed by atoms with Crippen LogP contribution in [-0.2, 0) is 14.8 Å². The maximum absolute atomic E-state index is 13.5. The Morgan fingerprint density at radius 3 is 2.26 bits per heavy atom. The molecule has 1 saturated carbocycles. The summed E-state index contributed by atoms with van der Waals surface area (Å²) < 4.78 is 48.0. The molecule has 0 spiro atoms. The molecule has 0 saturated heterocycles. The van der Waals surface area contributed by atoms with Crippen LogP contribution in [-0.4, -0.2) is 59.7 Å². The molecule has 2 atom stereocenters. The first kappa shape index (κ1) is 24.9. The Kier molecular flexibility index (Phi) is 7.22. The summed E-state index contributed by atoms with van der Waals surface area (Å²) in [5.74, 6) is 1.86. The molecule has 1 fully saturated rings. The largest absolute Gasteiger partial charge is 0.494 e. The number of hydrogen-bond acceptors (Lipinski definition) is 9. The van der Waals surface area contributed by atoms with E-state index in [4.69, 9.17) is 14.2 Å². The number of nitrogens with zero attached hydrogens (tertiary/aromatic N) is 5. The maximum Gasteiger partial charge on any atom is 0.243 e. The van der Waals surface area contributed by atoms with Crippen LogP contribution in [0.15, 0.2) is 30.6 Å². The SMILES string of the molecule is COc1cccc(OC)c1-n1c(NS(=O)(=O)[C@@H](C)[C@H](OC)c2cnc(C)cn2)nnc1C1CCC1. The fraction of sp³-hybridized carbons (Fsp3) is 0.478. The van der Waals surface area contributed by atoms with Crippen molar-refractivity contribution in [1.82, 2.24) is 24.7 Å². The second-order valence-corrected chi connectivity index (χ2v) is 10.5. The third-order valence-corrected chi connectivity index (χ3v) is 7.97. The predicted octanol–water partition coefficient (Wildman–Crippen LogP) is 3.17. The quantitative estimate of drug-likeness (QED) is 0.444. The number of benzene rings is 1. The van der Waals surface area contributed by atoms with Crippen molar-refractivity contribution in [2.45, 2.75) is 50.4 Å². The molecule has 35 heavy (non-hydrogen) atoms. The first-order chi connectivity index (χ1) is 16.8. The van der Waals surface area contributed by atoms with Crippen LogP contribution in [0.4, 0.5) is 5.95 Å². The number of sulfonamides is 1. The van der Waals surface area contributed by atoms with Gasteiger partial charge in [-0.25, -0.2) is 8.42 Å². The topological polar surface area (TPSA) is 130 Å². The van der Waals surface area contributed by atoms with Crippen LogP contribution >= 0.6 is 0 Å². The summed E-state index contributed by atoms with van der Waals surface area (Å²) in [6, 6.07) is 5.35. The van der Waals surface area contributed by atoms with E-state index in [9.17, 15) is 8.42 Å². The van der Waals surface area contributed by atoms with E-state index >= 15 is 0 Å². The van der Waals surface area contributed by atoms with Crippen molar-refractivity contribution >= 4 is 16.0 Å². The Labute approximate surface area is 204 Å². The van der Waals surface area contributed by atoms with E-state index < -0.39 is 21.4 Å². The summed E-state index contributed by atoms with van der Waals surface area (Å²) in [4.78, 5) is 8.52. The Balaban J connectivity index is 1.76. The summed E-state index contributed by atoms with van der Waals surface area (Å²) in [7, 11) is 0.528. The van der Waals surface area contributed by atoms with Crippen LogP contribution in [0.1, 0.15) is 55.4 Å². The molecule has 188 valence electrons. The fourth-order valence-corrected chi connectivity index (χ4v) is 5.20. The molecule has 0 bridgehead atoms. The van der Waals surface area contributed by atoms with Crippen LogP contribution < -0.4 is 14.2 Å². The number of aromatic nitrogens is 5. The van der Waals surface area contributed by atoms with Crippen molar-refractivity contribution in [2.75, 3.05) is 26.1 Å². The smallest absolute Gasteiger partial charge is 0.243 e. The fourth-order valence-electron chi connectivity index (χ4n) is 4.05. The number of para-hydroxylation sites is 1. The van der Waals surface area contributed by atoms with Crippen molar-refractivity contribution < 1.29 is 22.6 Å². The number of nitrogens with one attached hydrogen (secondary N) is 1. The van der Waals surface area contributed by atoms with Gasteiger partial charge in [0.05, 0.1) is 31.8 Å². The van der Waals surface area contributed by atoms with Gasteiger partial charge in [-0.05, 0) is 38.8 Å². The lowest BCUT2D eigenvalue weighted by molar-refractivity contribution is 0.0985. The zero-order valence-corrected chi connectivity index (χ0v) is 21.2. The lowest BCUT2D eigenvalue weighted by Crippen LogP contribution is -2.33. The number of methoxy groups -OCH3 is 3. The number of anilines is 1. The summed E-state index contributed by atoms with van der Waals surface area (Å²) in [6.45, 7) is 3.36. The molecule has 11 nitrogen and oxygen atoms in total. The molecular weight excluding hydrogens is 472 g/mol. The van der Waals surface area contributed by atoms with E-state index in [-0.39, 0.29) is 11.9 Å². The minimum Gasteiger partial charge on any atom is -0.494 e. The van der Waals surface area contributed by atoms with Crippen molar-refractivity contribution in [1.29, 1.82) is 0 Å². The monoisotopic (exact) mass is 502 g/mol. The average molecular weight is 503 g/mol. The number of aryl methyl sites for hydroxylation is 1. The van der Waals surface area contributed by atoms with Crippen LogP contribution in [0.2, 0.25) is 0 Å². The molecule has 1 aromatic carbocycles. The van der Waals surface area contributed by atoms with Gasteiger partial charge in [-0.3, -0.25) is 19.3 Å². The van der Waals surface area contributed by atoms with Crippen LogP contribution in [0.25, 0.3) is 5.69 Å². The lowest BCUT2D eigenvalue weighted by atomic mass is 9.85. The highest BCUT2D eigenvalue weighted by molar-refractivity contribution is 7.93. The molecular formula is C23H30N6O5S. The van der Waals surface area contributed by atoms with Crippen molar-refractivity contribution in [2.24, 2.45) is 0 Å². The second kappa shape index (κ2) is 10.2. The average Bonchev–Trinajstić information content (AvgIpc) is 3.20. The predicted molar refractivity (Wildman–Crippen MR) is 130 cm³/mol. The summed E-state index contributed by atoms with van der Waals surface area (Å²) in [5, 5.41) is 7.58. The van der Waals surface area contributed by atoms with Crippen LogP contribution in [0, 0.1) is 6.92 Å². The van der Waals surface area contributed by atoms with Crippen LogP contribution in [0.5, 0.6) is 11.5 Å². The number of hydrogen-bond donors (Lipinski definition) is 1. The second-order valence-electron chi connectivity index (χ2n) is 8.45. The minimum atomic E-state index is -4.00. The molecule has 0 aliphatic heterocycles. The van der Waals surface area contributed by atoms with Gasteiger partial charge in [-0.15, -0.1) is 10.2 Å². The molecule has 1 N–H and O–H groups in total. The van der Waals surface area contributed by atoms with Gasteiger partial charge >= 0.3 is 0 Å². The molecule has 0 unspecified atom stereocenters. The van der Waals surface area contributed by atoms with Gasteiger partial charge in [0.1, 0.15) is 34.4 Å². The summed E-state index contributed by atoms with van der Waals surface area (Å²) in [6.07, 6.45) is 5.21. The van der Waals surface area contributed by atoms with Crippen LogP contribution in [0.3, 0.4) is 0 Å². The highest BCUT2D eigenvalue weighted by Gasteiger charge is 2.35. The molecule has 4 rings (SSSR count). The maximum atomic E-state index is 13.5. The third kappa shape index (κ3) is 4.80. The van der Waals surface area contributed by atoms with Gasteiger partial charge in [0.15, 0.2) is 0 Å². The van der Waals surface area contributed by atoms with E-state index in [0.717, 1.165) is 25.0 Å². The van der Waals surface area contributed by atoms with Gasteiger partial charge in [0, 0.05) is 19.2 Å². The van der Waals surface area contributed by atoms with Gasteiger partial charge in [0.25, 0.3) is 0 Å². The molecule has 12 heteroatoms. The molecule has 0 amide bonds. The third-order valence-electron chi connectivity index (χ3n) is 6.28. The van der Waals surface area contributed by atoms with Crippen molar-refractivity contribution in [3.05, 3.63) is 47.8 Å². The lowest BCUT2D eigenvalue weighted by Gasteiger charge is -2.27. The number of ether oxygens (including phenoxy) is 3. The zero-order valence-electron chi connectivity index (χ0n) is 20.4. The minimum absolute atomic E-state index is 0.0476. The highest BCUT2D eigenvalue weighted by atomic mass is 32.2. The Morgan fingerprint density at radius 1 is 1.06 bits per heavy atom. The zero-order chi connectivity index (χ0) is 25.2. The first-order valence-electron chi connectivity index (χ1n) is 11.3. The Morgan fingerprint density at radius 2 is 1.74 bits per heavy atom. The van der Waals surface area contributed by atoms with Gasteiger partial charge in [-0.1, -0.05) is 12.5 Å². The van der Waals surface area contributed by atoms with Gasteiger partial charge in [-0.2, -0.15) is 0 Å². The molecule has 0 radical (unpaired) electrons. The van der Waals surface area contributed by atoms with Gasteiger partial charge in [0.2, 0.25) is 16.0 Å². The van der Waals surface area contributed by atoms with Gasteiger partial charge < -0.3 is 14.2 Å². The summed E-state index contributed by atoms with van der Waals surface area (Å²) in [5.41, 5.74) is 1.67. The molecule has 3 aromatic rings. The normalized spacial score (nSPS) is 15.8. The van der Waals surface area contributed by atoms with E-state index in [2.05, 4.69) is 24.9 Å².